The Morgan fingerprint density at radius 3 is 2.18 bits per heavy atom. The molecule has 22 heavy (non-hydrogen) atoms. The van der Waals surface area contributed by atoms with Gasteiger partial charge < -0.3 is 10.1 Å². The van der Waals surface area contributed by atoms with Crippen LogP contribution in [0.3, 0.4) is 0 Å². The highest BCUT2D eigenvalue weighted by molar-refractivity contribution is 5.79. The third-order valence-corrected chi connectivity index (χ3v) is 3.98. The van der Waals surface area contributed by atoms with Crippen molar-refractivity contribution in [1.82, 2.24) is 0 Å². The maximum atomic E-state index is 10.9. The van der Waals surface area contributed by atoms with Crippen LogP contribution in [-0.4, -0.2) is 19.1 Å². The number of nitrogens with one attached hydrogen (secondary N) is 1. The first-order chi connectivity index (χ1) is 10.8. The summed E-state index contributed by atoms with van der Waals surface area (Å²) >= 11 is 0. The Balaban J connectivity index is 1.99. The van der Waals surface area contributed by atoms with Crippen LogP contribution in [0.15, 0.2) is 18.2 Å². The number of rotatable bonds is 13. The van der Waals surface area contributed by atoms with Crippen molar-refractivity contribution in [1.29, 1.82) is 0 Å². The van der Waals surface area contributed by atoms with Crippen molar-refractivity contribution in [2.45, 2.75) is 64.7 Å². The average Bonchev–Trinajstić information content (AvgIpc) is 2.54. The SMILES string of the molecule is Cc1ccc(NCCCCCCCCCCC=O)cc1C=O. The fourth-order valence-corrected chi connectivity index (χ4v) is 2.52. The minimum absolute atomic E-state index is 0.719. The predicted molar refractivity (Wildman–Crippen MR) is 92.7 cm³/mol. The summed E-state index contributed by atoms with van der Waals surface area (Å²) in [6.45, 7) is 2.91. The summed E-state index contributed by atoms with van der Waals surface area (Å²) in [6, 6.07) is 5.93. The second-order valence-corrected chi connectivity index (χ2v) is 5.90. The van der Waals surface area contributed by atoms with E-state index in [0.29, 0.717) is 0 Å². The topological polar surface area (TPSA) is 46.2 Å². The molecule has 0 amide bonds. The Kier molecular flexibility index (Phi) is 10.0. The van der Waals surface area contributed by atoms with Gasteiger partial charge in [0, 0.05) is 24.2 Å². The van der Waals surface area contributed by atoms with E-state index in [4.69, 9.17) is 0 Å². The summed E-state index contributed by atoms with van der Waals surface area (Å²) < 4.78 is 0. The van der Waals surface area contributed by atoms with E-state index in [2.05, 4.69) is 5.32 Å². The molecule has 0 bridgehead atoms. The van der Waals surface area contributed by atoms with Crippen molar-refractivity contribution in [3.8, 4) is 0 Å². The molecule has 1 rings (SSSR count). The maximum absolute atomic E-state index is 10.9. The van der Waals surface area contributed by atoms with Crippen LogP contribution >= 0.6 is 0 Å². The van der Waals surface area contributed by atoms with Crippen molar-refractivity contribution in [2.75, 3.05) is 11.9 Å². The smallest absolute Gasteiger partial charge is 0.150 e. The lowest BCUT2D eigenvalue weighted by Gasteiger charge is -2.08. The predicted octanol–water partition coefficient (Wildman–Crippen LogP) is 4.93. The lowest BCUT2D eigenvalue weighted by atomic mass is 10.1. The van der Waals surface area contributed by atoms with E-state index in [1.165, 1.54) is 38.5 Å². The van der Waals surface area contributed by atoms with E-state index >= 15 is 0 Å². The van der Waals surface area contributed by atoms with Crippen LogP contribution in [0.5, 0.6) is 0 Å². The number of carbonyl (C=O) groups is 2. The van der Waals surface area contributed by atoms with Gasteiger partial charge in [0.15, 0.2) is 0 Å². The zero-order valence-electron chi connectivity index (χ0n) is 13.8. The van der Waals surface area contributed by atoms with E-state index in [1.54, 1.807) is 0 Å². The van der Waals surface area contributed by atoms with Gasteiger partial charge in [-0.05, 0) is 37.5 Å². The summed E-state index contributed by atoms with van der Waals surface area (Å²) in [5.74, 6) is 0. The van der Waals surface area contributed by atoms with Crippen LogP contribution in [0, 0.1) is 6.92 Å². The molecule has 0 heterocycles. The molecule has 0 aliphatic heterocycles. The zero-order valence-corrected chi connectivity index (χ0v) is 13.8. The summed E-state index contributed by atoms with van der Waals surface area (Å²) in [5.41, 5.74) is 2.82. The van der Waals surface area contributed by atoms with Gasteiger partial charge in [-0.25, -0.2) is 0 Å². The summed E-state index contributed by atoms with van der Waals surface area (Å²) in [7, 11) is 0. The standard InChI is InChI=1S/C19H29NO2/c1-17-11-12-19(15-18(17)16-22)20-13-9-7-5-3-2-4-6-8-10-14-21/h11-12,14-16,20H,2-10,13H2,1H3. The molecule has 0 fully saturated rings. The van der Waals surface area contributed by atoms with E-state index in [-0.39, 0.29) is 0 Å². The highest BCUT2D eigenvalue weighted by Gasteiger charge is 1.99. The third-order valence-electron chi connectivity index (χ3n) is 3.98. The van der Waals surface area contributed by atoms with Crippen LogP contribution in [0.1, 0.15) is 73.7 Å². The van der Waals surface area contributed by atoms with E-state index < -0.39 is 0 Å². The number of carbonyl (C=O) groups excluding carboxylic acids is 2. The molecule has 0 unspecified atom stereocenters. The highest BCUT2D eigenvalue weighted by Crippen LogP contribution is 2.14. The number of anilines is 1. The second-order valence-electron chi connectivity index (χ2n) is 5.90. The van der Waals surface area contributed by atoms with Crippen LogP contribution in [-0.2, 0) is 4.79 Å². The van der Waals surface area contributed by atoms with Gasteiger partial charge >= 0.3 is 0 Å². The molecular formula is C19H29NO2. The van der Waals surface area contributed by atoms with Gasteiger partial charge in [-0.1, -0.05) is 44.6 Å². The normalized spacial score (nSPS) is 10.4. The average molecular weight is 303 g/mol. The highest BCUT2D eigenvalue weighted by atomic mass is 16.1. The van der Waals surface area contributed by atoms with Gasteiger partial charge in [0.1, 0.15) is 12.6 Å². The van der Waals surface area contributed by atoms with Gasteiger partial charge in [0.25, 0.3) is 0 Å². The molecule has 122 valence electrons. The van der Waals surface area contributed by atoms with E-state index in [9.17, 15) is 9.59 Å². The Labute approximate surface area is 134 Å². The molecule has 3 nitrogen and oxygen atoms in total. The van der Waals surface area contributed by atoms with Crippen molar-refractivity contribution in [3.63, 3.8) is 0 Å². The largest absolute Gasteiger partial charge is 0.385 e. The van der Waals surface area contributed by atoms with Crippen LogP contribution in [0.25, 0.3) is 0 Å². The van der Waals surface area contributed by atoms with Crippen molar-refractivity contribution in [3.05, 3.63) is 29.3 Å². The molecule has 0 aliphatic carbocycles. The zero-order chi connectivity index (χ0) is 16.0. The first-order valence-corrected chi connectivity index (χ1v) is 8.51. The molecule has 0 atom stereocenters. The minimum Gasteiger partial charge on any atom is -0.385 e. The van der Waals surface area contributed by atoms with Crippen LogP contribution in [0.2, 0.25) is 0 Å². The van der Waals surface area contributed by atoms with Gasteiger partial charge in [0.2, 0.25) is 0 Å². The minimum atomic E-state index is 0.719. The Bertz CT molecular complexity index is 443. The first kappa shape index (κ1) is 18.4. The van der Waals surface area contributed by atoms with Crippen molar-refractivity contribution in [2.24, 2.45) is 0 Å². The van der Waals surface area contributed by atoms with Crippen molar-refractivity contribution >= 4 is 18.3 Å². The molecule has 1 aromatic carbocycles. The molecule has 3 heteroatoms. The number of unbranched alkanes of at least 4 members (excludes halogenated alkanes) is 8. The first-order valence-electron chi connectivity index (χ1n) is 8.51. The fourth-order valence-electron chi connectivity index (χ4n) is 2.52. The Hall–Kier alpha value is -1.64. The van der Waals surface area contributed by atoms with Gasteiger partial charge in [-0.2, -0.15) is 0 Å². The number of aryl methyl sites for hydroxylation is 1. The molecule has 1 aromatic rings. The Morgan fingerprint density at radius 1 is 0.909 bits per heavy atom. The maximum Gasteiger partial charge on any atom is 0.150 e. The van der Waals surface area contributed by atoms with Gasteiger partial charge in [-0.15, -0.1) is 0 Å². The molecule has 0 aliphatic rings. The summed E-state index contributed by atoms with van der Waals surface area (Å²) in [5, 5.41) is 3.38. The molecule has 0 saturated heterocycles. The lowest BCUT2D eigenvalue weighted by Crippen LogP contribution is -2.02. The van der Waals surface area contributed by atoms with Gasteiger partial charge in [-0.3, -0.25) is 4.79 Å². The molecule has 0 radical (unpaired) electrons. The number of benzene rings is 1. The quantitative estimate of drug-likeness (QED) is 0.415. The van der Waals surface area contributed by atoms with E-state index in [0.717, 1.165) is 55.2 Å². The lowest BCUT2D eigenvalue weighted by molar-refractivity contribution is -0.107. The molecule has 1 N–H and O–H groups in total. The number of aldehydes is 2. The molecule has 0 spiro atoms. The molecule has 0 saturated carbocycles. The molecular weight excluding hydrogens is 274 g/mol. The fraction of sp³-hybridized carbons (Fsp3) is 0.579. The third kappa shape index (κ3) is 7.96. The number of hydrogen-bond acceptors (Lipinski definition) is 3. The van der Waals surface area contributed by atoms with Crippen LogP contribution in [0.4, 0.5) is 5.69 Å². The van der Waals surface area contributed by atoms with Crippen molar-refractivity contribution < 1.29 is 9.59 Å². The monoisotopic (exact) mass is 303 g/mol. The van der Waals surface area contributed by atoms with Gasteiger partial charge in [0.05, 0.1) is 0 Å². The summed E-state index contributed by atoms with van der Waals surface area (Å²) in [6.07, 6.45) is 12.4. The second kappa shape index (κ2) is 12.0. The Morgan fingerprint density at radius 2 is 1.55 bits per heavy atom. The van der Waals surface area contributed by atoms with E-state index in [1.807, 2.05) is 25.1 Å². The molecule has 0 aromatic heterocycles. The summed E-state index contributed by atoms with van der Waals surface area (Å²) in [4.78, 5) is 21.1. The van der Waals surface area contributed by atoms with Crippen LogP contribution < -0.4 is 5.32 Å². The number of hydrogen-bond donors (Lipinski definition) is 1.